The van der Waals surface area contributed by atoms with Crippen molar-refractivity contribution < 1.29 is 9.53 Å². The Morgan fingerprint density at radius 1 is 1.25 bits per heavy atom. The minimum absolute atomic E-state index is 0.0746. The van der Waals surface area contributed by atoms with Crippen molar-refractivity contribution >= 4 is 28.6 Å². The number of nitrogens with zero attached hydrogens (tertiary/aromatic N) is 4. The molecule has 0 radical (unpaired) electrons. The van der Waals surface area contributed by atoms with Gasteiger partial charge in [-0.1, -0.05) is 6.07 Å². The summed E-state index contributed by atoms with van der Waals surface area (Å²) in [6.45, 7) is 4.18. The predicted molar refractivity (Wildman–Crippen MR) is 107 cm³/mol. The highest BCUT2D eigenvalue weighted by molar-refractivity contribution is 5.93. The molecule has 1 aliphatic heterocycles. The first kappa shape index (κ1) is 18.0. The van der Waals surface area contributed by atoms with E-state index in [0.717, 1.165) is 18.9 Å². The molecule has 8 heteroatoms. The van der Waals surface area contributed by atoms with Crippen molar-refractivity contribution in [2.24, 2.45) is 0 Å². The third kappa shape index (κ3) is 3.28. The van der Waals surface area contributed by atoms with E-state index in [1.165, 1.54) is 7.11 Å². The highest BCUT2D eigenvalue weighted by Crippen LogP contribution is 2.21. The Morgan fingerprint density at radius 3 is 2.82 bits per heavy atom. The summed E-state index contributed by atoms with van der Waals surface area (Å²) in [5.41, 5.74) is 1.29. The maximum atomic E-state index is 12.6. The van der Waals surface area contributed by atoms with Crippen molar-refractivity contribution in [1.82, 2.24) is 15.0 Å². The van der Waals surface area contributed by atoms with Crippen molar-refractivity contribution in [2.45, 2.75) is 13.0 Å². The second-order valence-electron chi connectivity index (χ2n) is 6.79. The number of aromatic nitrogens is 3. The Kier molecular flexibility index (Phi) is 4.68. The first-order valence-corrected chi connectivity index (χ1v) is 9.12. The van der Waals surface area contributed by atoms with E-state index in [4.69, 9.17) is 4.74 Å². The molecule has 1 aromatic carbocycles. The average molecular weight is 379 g/mol. The minimum atomic E-state index is -0.436. The van der Waals surface area contributed by atoms with E-state index in [1.54, 1.807) is 24.4 Å². The molecule has 0 spiro atoms. The number of benzene rings is 1. The van der Waals surface area contributed by atoms with Crippen molar-refractivity contribution in [3.63, 3.8) is 0 Å². The molecule has 1 unspecified atom stereocenters. The molecule has 3 aromatic rings. The Balaban J connectivity index is 1.64. The van der Waals surface area contributed by atoms with E-state index in [9.17, 15) is 9.59 Å². The van der Waals surface area contributed by atoms with E-state index in [-0.39, 0.29) is 11.6 Å². The molecule has 1 aliphatic rings. The van der Waals surface area contributed by atoms with Crippen LogP contribution in [0.4, 0.5) is 11.6 Å². The van der Waals surface area contributed by atoms with Gasteiger partial charge in [-0.3, -0.25) is 4.79 Å². The van der Waals surface area contributed by atoms with Gasteiger partial charge in [0.15, 0.2) is 5.82 Å². The number of fused-ring (bicyclic) bond motifs is 1. The van der Waals surface area contributed by atoms with E-state index in [0.29, 0.717) is 29.0 Å². The summed E-state index contributed by atoms with van der Waals surface area (Å²) in [6, 6.07) is 10.8. The van der Waals surface area contributed by atoms with E-state index in [1.807, 2.05) is 23.1 Å². The van der Waals surface area contributed by atoms with Crippen LogP contribution >= 0.6 is 0 Å². The number of pyridine rings is 1. The van der Waals surface area contributed by atoms with Crippen molar-refractivity contribution in [2.75, 3.05) is 36.5 Å². The van der Waals surface area contributed by atoms with E-state index in [2.05, 4.69) is 26.8 Å². The second kappa shape index (κ2) is 7.30. The van der Waals surface area contributed by atoms with Crippen molar-refractivity contribution in [1.29, 1.82) is 0 Å². The SMILES string of the molecule is COC(=O)c1ccc2[nH]c(=O)c(N3CCN(c4ccccn4)CC3C)nc2c1. The van der Waals surface area contributed by atoms with Gasteiger partial charge in [0, 0.05) is 31.9 Å². The number of esters is 1. The molecule has 8 nitrogen and oxygen atoms in total. The third-order valence-corrected chi connectivity index (χ3v) is 4.97. The normalized spacial score (nSPS) is 17.0. The maximum Gasteiger partial charge on any atom is 0.337 e. The first-order chi connectivity index (χ1) is 13.6. The van der Waals surface area contributed by atoms with Crippen LogP contribution in [0.25, 0.3) is 11.0 Å². The van der Waals surface area contributed by atoms with Crippen LogP contribution in [-0.2, 0) is 4.74 Å². The zero-order valence-corrected chi connectivity index (χ0v) is 15.8. The lowest BCUT2D eigenvalue weighted by Gasteiger charge is -2.40. The standard InChI is InChI=1S/C20H21N5O3/c1-13-12-24(17-5-3-4-8-21-17)9-10-25(13)18-19(26)23-15-7-6-14(20(27)28-2)11-16(15)22-18/h3-8,11,13H,9-10,12H2,1-2H3,(H,23,26). The molecule has 3 heterocycles. The monoisotopic (exact) mass is 379 g/mol. The largest absolute Gasteiger partial charge is 0.465 e. The summed E-state index contributed by atoms with van der Waals surface area (Å²) in [4.78, 5) is 40.5. The number of H-pyrrole nitrogens is 1. The molecule has 2 aromatic heterocycles. The highest BCUT2D eigenvalue weighted by Gasteiger charge is 2.27. The summed E-state index contributed by atoms with van der Waals surface area (Å²) in [7, 11) is 1.33. The molecular weight excluding hydrogens is 358 g/mol. The summed E-state index contributed by atoms with van der Waals surface area (Å²) in [6.07, 6.45) is 1.78. The molecule has 1 fully saturated rings. The quantitative estimate of drug-likeness (QED) is 0.694. The number of carbonyl (C=O) groups excluding carboxylic acids is 1. The molecule has 0 bridgehead atoms. The van der Waals surface area contributed by atoms with Gasteiger partial charge >= 0.3 is 5.97 Å². The fraction of sp³-hybridized carbons (Fsp3) is 0.300. The van der Waals surface area contributed by atoms with Gasteiger partial charge in [0.1, 0.15) is 5.82 Å². The van der Waals surface area contributed by atoms with Gasteiger partial charge in [0.2, 0.25) is 0 Å². The number of hydrogen-bond donors (Lipinski definition) is 1. The molecule has 1 atom stereocenters. The van der Waals surface area contributed by atoms with Crippen molar-refractivity contribution in [3.8, 4) is 0 Å². The fourth-order valence-corrected chi connectivity index (χ4v) is 3.53. The highest BCUT2D eigenvalue weighted by atomic mass is 16.5. The summed E-state index contributed by atoms with van der Waals surface area (Å²) >= 11 is 0. The van der Waals surface area contributed by atoms with Crippen LogP contribution in [0.2, 0.25) is 0 Å². The van der Waals surface area contributed by atoms with Gasteiger partial charge in [0.05, 0.1) is 23.7 Å². The predicted octanol–water partition coefficient (Wildman–Crippen LogP) is 1.82. The molecule has 0 amide bonds. The number of aromatic amines is 1. The molecule has 4 rings (SSSR count). The van der Waals surface area contributed by atoms with Gasteiger partial charge in [-0.25, -0.2) is 14.8 Å². The summed E-state index contributed by atoms with van der Waals surface area (Å²) in [5.74, 6) is 0.855. The zero-order chi connectivity index (χ0) is 19.7. The minimum Gasteiger partial charge on any atom is -0.465 e. The van der Waals surface area contributed by atoms with Crippen LogP contribution in [0, 0.1) is 0 Å². The van der Waals surface area contributed by atoms with Crippen LogP contribution in [-0.4, -0.2) is 53.7 Å². The fourth-order valence-electron chi connectivity index (χ4n) is 3.53. The molecule has 28 heavy (non-hydrogen) atoms. The number of methoxy groups -OCH3 is 1. The topological polar surface area (TPSA) is 91.4 Å². The molecule has 0 aliphatic carbocycles. The van der Waals surface area contributed by atoms with Gasteiger partial charge in [0.25, 0.3) is 5.56 Å². The Morgan fingerprint density at radius 2 is 2.11 bits per heavy atom. The number of ether oxygens (including phenoxy) is 1. The lowest BCUT2D eigenvalue weighted by atomic mass is 10.1. The Bertz CT molecular complexity index is 1070. The smallest absolute Gasteiger partial charge is 0.337 e. The van der Waals surface area contributed by atoms with Crippen LogP contribution < -0.4 is 15.4 Å². The number of nitrogens with one attached hydrogen (secondary N) is 1. The molecule has 144 valence electrons. The average Bonchev–Trinajstić information content (AvgIpc) is 2.73. The number of rotatable bonds is 3. The van der Waals surface area contributed by atoms with Crippen LogP contribution in [0.15, 0.2) is 47.4 Å². The van der Waals surface area contributed by atoms with Gasteiger partial charge in [-0.05, 0) is 37.3 Å². The maximum absolute atomic E-state index is 12.6. The number of carbonyl (C=O) groups is 1. The zero-order valence-electron chi connectivity index (χ0n) is 15.8. The van der Waals surface area contributed by atoms with Crippen LogP contribution in [0.1, 0.15) is 17.3 Å². The number of hydrogen-bond acceptors (Lipinski definition) is 7. The lowest BCUT2D eigenvalue weighted by Crippen LogP contribution is -2.54. The Hall–Kier alpha value is -3.42. The Labute approximate surface area is 161 Å². The summed E-state index contributed by atoms with van der Waals surface area (Å²) < 4.78 is 4.77. The molecule has 1 N–H and O–H groups in total. The molecule has 0 saturated carbocycles. The third-order valence-electron chi connectivity index (χ3n) is 4.97. The van der Waals surface area contributed by atoms with Gasteiger partial charge < -0.3 is 19.5 Å². The van der Waals surface area contributed by atoms with E-state index >= 15 is 0 Å². The van der Waals surface area contributed by atoms with E-state index < -0.39 is 5.97 Å². The van der Waals surface area contributed by atoms with Gasteiger partial charge in [-0.15, -0.1) is 0 Å². The molecular formula is C20H21N5O3. The molecule has 1 saturated heterocycles. The van der Waals surface area contributed by atoms with Crippen LogP contribution in [0.3, 0.4) is 0 Å². The summed E-state index contributed by atoms with van der Waals surface area (Å²) in [5, 5.41) is 0. The first-order valence-electron chi connectivity index (χ1n) is 9.12. The van der Waals surface area contributed by atoms with Gasteiger partial charge in [-0.2, -0.15) is 0 Å². The second-order valence-corrected chi connectivity index (χ2v) is 6.79. The van der Waals surface area contributed by atoms with Crippen LogP contribution in [0.5, 0.6) is 0 Å². The number of anilines is 2. The van der Waals surface area contributed by atoms with Crippen molar-refractivity contribution in [3.05, 3.63) is 58.5 Å². The lowest BCUT2D eigenvalue weighted by molar-refractivity contribution is 0.0601. The number of piperazine rings is 1.